The number of fused-ring (bicyclic) bond motifs is 2. The maximum Gasteiger partial charge on any atom is 0.206 e. The first-order chi connectivity index (χ1) is 9.30. The summed E-state index contributed by atoms with van der Waals surface area (Å²) in [5, 5.41) is 3.73. The second kappa shape index (κ2) is 5.37. The molecule has 104 valence electrons. The van der Waals surface area contributed by atoms with E-state index in [0.29, 0.717) is 6.04 Å². The van der Waals surface area contributed by atoms with Gasteiger partial charge in [-0.05, 0) is 25.7 Å². The highest BCUT2D eigenvalue weighted by molar-refractivity contribution is 5.35. The molecule has 0 aliphatic carbocycles. The molecule has 2 saturated heterocycles. The first kappa shape index (κ1) is 12.7. The summed E-state index contributed by atoms with van der Waals surface area (Å²) < 4.78 is 2.24. The second-order valence-corrected chi connectivity index (χ2v) is 5.70. The second-order valence-electron chi connectivity index (χ2n) is 5.70. The Labute approximate surface area is 115 Å². The van der Waals surface area contributed by atoms with E-state index in [1.54, 1.807) is 0 Å². The van der Waals surface area contributed by atoms with Crippen molar-refractivity contribution in [1.82, 2.24) is 14.9 Å². The zero-order valence-corrected chi connectivity index (χ0v) is 11.8. The average molecular weight is 260 g/mol. The van der Waals surface area contributed by atoms with Crippen LogP contribution in [0.1, 0.15) is 31.9 Å². The minimum atomic E-state index is 0.645. The Morgan fingerprint density at radius 1 is 1.42 bits per heavy atom. The van der Waals surface area contributed by atoms with E-state index in [1.807, 2.05) is 6.08 Å². The van der Waals surface area contributed by atoms with Crippen molar-refractivity contribution in [2.45, 2.75) is 51.2 Å². The highest BCUT2D eigenvalue weighted by Gasteiger charge is 2.30. The van der Waals surface area contributed by atoms with Crippen LogP contribution in [0.15, 0.2) is 18.9 Å². The van der Waals surface area contributed by atoms with Crippen LogP contribution < -0.4 is 10.2 Å². The first-order valence-electron chi connectivity index (χ1n) is 7.48. The number of aryl methyl sites for hydroxylation is 1. The summed E-state index contributed by atoms with van der Waals surface area (Å²) in [5.74, 6) is 1.13. The fraction of sp³-hybridized carbons (Fsp3) is 0.667. The van der Waals surface area contributed by atoms with Crippen molar-refractivity contribution in [3.05, 3.63) is 24.5 Å². The zero-order valence-electron chi connectivity index (χ0n) is 11.8. The maximum absolute atomic E-state index is 4.81. The Kier molecular flexibility index (Phi) is 3.60. The summed E-state index contributed by atoms with van der Waals surface area (Å²) >= 11 is 0. The smallest absolute Gasteiger partial charge is 0.206 e. The highest BCUT2D eigenvalue weighted by atomic mass is 15.3. The summed E-state index contributed by atoms with van der Waals surface area (Å²) in [6.07, 6.45) is 9.01. The summed E-state index contributed by atoms with van der Waals surface area (Å²) in [7, 11) is 0. The summed E-state index contributed by atoms with van der Waals surface area (Å²) in [4.78, 5) is 7.27. The molecule has 0 radical (unpaired) electrons. The molecule has 2 unspecified atom stereocenters. The lowest BCUT2D eigenvalue weighted by Crippen LogP contribution is -2.36. The Morgan fingerprint density at radius 3 is 3.05 bits per heavy atom. The average Bonchev–Trinajstić information content (AvgIpc) is 2.94. The van der Waals surface area contributed by atoms with Crippen LogP contribution in [0.4, 0.5) is 5.95 Å². The third-order valence-corrected chi connectivity index (χ3v) is 4.30. The van der Waals surface area contributed by atoms with Gasteiger partial charge < -0.3 is 14.8 Å². The molecule has 2 aliphatic rings. The van der Waals surface area contributed by atoms with Crippen molar-refractivity contribution in [3.8, 4) is 0 Å². The molecule has 1 aromatic rings. The number of hydrogen-bond acceptors (Lipinski definition) is 3. The van der Waals surface area contributed by atoms with Crippen molar-refractivity contribution in [2.75, 3.05) is 18.0 Å². The van der Waals surface area contributed by atoms with Gasteiger partial charge in [0.05, 0.1) is 5.69 Å². The molecule has 4 heteroatoms. The van der Waals surface area contributed by atoms with Gasteiger partial charge in [0, 0.05) is 37.9 Å². The molecule has 19 heavy (non-hydrogen) atoms. The van der Waals surface area contributed by atoms with E-state index in [2.05, 4.69) is 34.5 Å². The Bertz CT molecular complexity index is 451. The Hall–Kier alpha value is -1.29. The molecule has 1 aromatic heterocycles. The predicted octanol–water partition coefficient (Wildman–Crippen LogP) is 1.96. The topological polar surface area (TPSA) is 33.1 Å². The Balaban J connectivity index is 1.83. The number of nitrogens with zero attached hydrogens (tertiary/aromatic N) is 3. The van der Waals surface area contributed by atoms with Crippen LogP contribution >= 0.6 is 0 Å². The molecule has 2 bridgehead atoms. The van der Waals surface area contributed by atoms with E-state index in [1.165, 1.54) is 25.0 Å². The quantitative estimate of drug-likeness (QED) is 0.840. The van der Waals surface area contributed by atoms with E-state index in [0.717, 1.165) is 38.0 Å². The lowest BCUT2D eigenvalue weighted by molar-refractivity contribution is 0.563. The van der Waals surface area contributed by atoms with E-state index >= 15 is 0 Å². The standard InChI is InChI=1S/C15H24N4/c1-3-8-18-10-12(4-2)17-15(18)19-9-7-13-5-6-14(11-19)16-13/h3,10,13-14,16H,1,4-9,11H2,2H3. The van der Waals surface area contributed by atoms with Gasteiger partial charge in [-0.15, -0.1) is 6.58 Å². The van der Waals surface area contributed by atoms with Gasteiger partial charge in [0.1, 0.15) is 0 Å². The van der Waals surface area contributed by atoms with Crippen molar-refractivity contribution in [3.63, 3.8) is 0 Å². The number of hydrogen-bond donors (Lipinski definition) is 1. The molecular formula is C15H24N4. The number of nitrogens with one attached hydrogen (secondary N) is 1. The van der Waals surface area contributed by atoms with Crippen LogP contribution in [-0.4, -0.2) is 34.7 Å². The summed E-state index contributed by atoms with van der Waals surface area (Å²) in [5.41, 5.74) is 1.18. The van der Waals surface area contributed by atoms with Gasteiger partial charge in [0.15, 0.2) is 0 Å². The van der Waals surface area contributed by atoms with Crippen LogP contribution in [0.2, 0.25) is 0 Å². The Morgan fingerprint density at radius 2 is 2.26 bits per heavy atom. The molecule has 3 rings (SSSR count). The number of rotatable bonds is 4. The van der Waals surface area contributed by atoms with Gasteiger partial charge >= 0.3 is 0 Å². The fourth-order valence-electron chi connectivity index (χ4n) is 3.28. The van der Waals surface area contributed by atoms with E-state index in [9.17, 15) is 0 Å². The minimum Gasteiger partial charge on any atom is -0.341 e. The van der Waals surface area contributed by atoms with Crippen LogP contribution in [0.3, 0.4) is 0 Å². The number of imidazole rings is 1. The van der Waals surface area contributed by atoms with Gasteiger partial charge in [0.2, 0.25) is 5.95 Å². The van der Waals surface area contributed by atoms with Gasteiger partial charge in [-0.2, -0.15) is 0 Å². The van der Waals surface area contributed by atoms with Crippen LogP contribution in [0.5, 0.6) is 0 Å². The van der Waals surface area contributed by atoms with Crippen molar-refractivity contribution >= 4 is 5.95 Å². The molecule has 0 aromatic carbocycles. The molecule has 4 nitrogen and oxygen atoms in total. The largest absolute Gasteiger partial charge is 0.341 e. The minimum absolute atomic E-state index is 0.645. The molecule has 2 aliphatic heterocycles. The lowest BCUT2D eigenvalue weighted by atomic mass is 10.1. The molecule has 0 saturated carbocycles. The predicted molar refractivity (Wildman–Crippen MR) is 78.6 cm³/mol. The van der Waals surface area contributed by atoms with Crippen molar-refractivity contribution in [1.29, 1.82) is 0 Å². The molecule has 0 spiro atoms. The lowest BCUT2D eigenvalue weighted by Gasteiger charge is -2.25. The number of aromatic nitrogens is 2. The van der Waals surface area contributed by atoms with E-state index in [-0.39, 0.29) is 0 Å². The van der Waals surface area contributed by atoms with Gasteiger partial charge in [-0.25, -0.2) is 4.98 Å². The molecular weight excluding hydrogens is 236 g/mol. The van der Waals surface area contributed by atoms with Gasteiger partial charge in [-0.3, -0.25) is 0 Å². The highest BCUT2D eigenvalue weighted by Crippen LogP contribution is 2.24. The van der Waals surface area contributed by atoms with Crippen molar-refractivity contribution in [2.24, 2.45) is 0 Å². The van der Waals surface area contributed by atoms with Crippen LogP contribution in [0.25, 0.3) is 0 Å². The molecule has 0 amide bonds. The van der Waals surface area contributed by atoms with E-state index in [4.69, 9.17) is 4.98 Å². The molecule has 2 fully saturated rings. The maximum atomic E-state index is 4.81. The van der Waals surface area contributed by atoms with Gasteiger partial charge in [0.25, 0.3) is 0 Å². The third kappa shape index (κ3) is 2.54. The SMILES string of the molecule is C=CCn1cc(CC)nc1N1CCC2CCC(C1)N2. The molecule has 2 atom stereocenters. The number of anilines is 1. The van der Waals surface area contributed by atoms with E-state index < -0.39 is 0 Å². The fourth-order valence-corrected chi connectivity index (χ4v) is 3.28. The number of allylic oxidation sites excluding steroid dienone is 1. The van der Waals surface area contributed by atoms with Crippen molar-refractivity contribution < 1.29 is 0 Å². The summed E-state index contributed by atoms with van der Waals surface area (Å²) in [6.45, 7) is 9.07. The molecule has 3 heterocycles. The zero-order chi connectivity index (χ0) is 13.2. The normalized spacial score (nSPS) is 26.5. The van der Waals surface area contributed by atoms with Crippen LogP contribution in [0, 0.1) is 0 Å². The first-order valence-corrected chi connectivity index (χ1v) is 7.48. The molecule has 1 N–H and O–H groups in total. The summed E-state index contributed by atoms with van der Waals surface area (Å²) in [6, 6.07) is 1.37. The monoisotopic (exact) mass is 260 g/mol. The van der Waals surface area contributed by atoms with Gasteiger partial charge in [-0.1, -0.05) is 13.0 Å². The third-order valence-electron chi connectivity index (χ3n) is 4.30. The van der Waals surface area contributed by atoms with Crippen LogP contribution in [-0.2, 0) is 13.0 Å².